The van der Waals surface area contributed by atoms with Crippen molar-refractivity contribution in [1.29, 1.82) is 0 Å². The van der Waals surface area contributed by atoms with Crippen molar-refractivity contribution in [2.24, 2.45) is 0 Å². The molecule has 0 amide bonds. The summed E-state index contributed by atoms with van der Waals surface area (Å²) in [6.45, 7) is 0. The Morgan fingerprint density at radius 2 is 0.425 bits per heavy atom. The highest BCUT2D eigenvalue weighted by molar-refractivity contribution is 5.88. The summed E-state index contributed by atoms with van der Waals surface area (Å²) in [6, 6.07) is 108. The van der Waals surface area contributed by atoms with Crippen LogP contribution in [0.2, 0.25) is 0 Å². The molecular formula is C74H52N6. The molecule has 0 aliphatic carbocycles. The molecule has 0 fully saturated rings. The van der Waals surface area contributed by atoms with Crippen LogP contribution in [-0.4, -0.2) is 18.8 Å². The molecule has 6 heteroatoms. The van der Waals surface area contributed by atoms with Crippen LogP contribution in [0.5, 0.6) is 0 Å². The summed E-state index contributed by atoms with van der Waals surface area (Å²) >= 11 is 0. The lowest BCUT2D eigenvalue weighted by Gasteiger charge is -2.27. The van der Waals surface area contributed by atoms with E-state index in [-0.39, 0.29) is 0 Å². The molecule has 4 heterocycles. The van der Waals surface area contributed by atoms with Crippen molar-refractivity contribution in [3.05, 3.63) is 316 Å². The second-order valence-electron chi connectivity index (χ2n) is 19.9. The van der Waals surface area contributed by atoms with Gasteiger partial charge in [-0.25, -0.2) is 9.97 Å². The highest BCUT2D eigenvalue weighted by Gasteiger charge is 2.21. The summed E-state index contributed by atoms with van der Waals surface area (Å²) in [6.07, 6.45) is 4.19. The van der Waals surface area contributed by atoms with Gasteiger partial charge in [-0.1, -0.05) is 206 Å². The van der Waals surface area contributed by atoms with Gasteiger partial charge in [-0.15, -0.1) is 0 Å². The maximum Gasteiger partial charge on any atom is 0.137 e. The molecule has 14 rings (SSSR count). The Labute approximate surface area is 465 Å². The van der Waals surface area contributed by atoms with E-state index >= 15 is 0 Å². The molecule has 14 aromatic rings. The van der Waals surface area contributed by atoms with Gasteiger partial charge in [0.05, 0.1) is 22.8 Å². The Morgan fingerprint density at radius 3 is 0.700 bits per heavy atom. The van der Waals surface area contributed by atoms with Crippen LogP contribution in [0.3, 0.4) is 0 Å². The molecule has 6 nitrogen and oxygen atoms in total. The van der Waals surface area contributed by atoms with E-state index in [1.54, 1.807) is 0 Å². The zero-order valence-electron chi connectivity index (χ0n) is 43.7. The van der Waals surface area contributed by atoms with E-state index < -0.39 is 0 Å². The number of nitrogens with zero attached hydrogens (tertiary/aromatic N) is 6. The smallest absolute Gasteiger partial charge is 0.137 e. The first-order valence-corrected chi connectivity index (χ1v) is 27.0. The number of pyridine rings is 2. The fourth-order valence-corrected chi connectivity index (χ4v) is 11.0. The highest BCUT2D eigenvalue weighted by atomic mass is 15.1. The number of rotatable bonds is 13. The lowest BCUT2D eigenvalue weighted by molar-refractivity contribution is 1.19. The van der Waals surface area contributed by atoms with Gasteiger partial charge < -0.3 is 9.80 Å². The first-order chi connectivity index (χ1) is 39.7. The third-order valence-electron chi connectivity index (χ3n) is 15.0. The Morgan fingerprint density at radius 1 is 0.200 bits per heavy atom. The van der Waals surface area contributed by atoms with Crippen molar-refractivity contribution in [2.45, 2.75) is 0 Å². The van der Waals surface area contributed by atoms with Crippen molar-refractivity contribution in [3.63, 3.8) is 0 Å². The van der Waals surface area contributed by atoms with Crippen molar-refractivity contribution < 1.29 is 0 Å². The zero-order valence-corrected chi connectivity index (χ0v) is 43.7. The van der Waals surface area contributed by atoms with E-state index in [9.17, 15) is 0 Å². The van der Waals surface area contributed by atoms with Gasteiger partial charge in [0.2, 0.25) is 0 Å². The zero-order chi connectivity index (χ0) is 53.2. The van der Waals surface area contributed by atoms with Gasteiger partial charge in [0.25, 0.3) is 0 Å². The van der Waals surface area contributed by atoms with Crippen molar-refractivity contribution >= 4 is 45.4 Å². The maximum atomic E-state index is 5.11. The minimum absolute atomic E-state index is 0.912. The molecule has 0 saturated heterocycles. The van der Waals surface area contributed by atoms with Crippen LogP contribution < -0.4 is 9.80 Å². The van der Waals surface area contributed by atoms with Crippen LogP contribution in [0.4, 0.5) is 34.1 Å². The van der Waals surface area contributed by atoms with E-state index in [0.29, 0.717) is 0 Å². The highest BCUT2D eigenvalue weighted by Crippen LogP contribution is 2.42. The molecule has 4 aromatic heterocycles. The Balaban J connectivity index is 0.801. The van der Waals surface area contributed by atoms with Crippen molar-refractivity contribution in [1.82, 2.24) is 18.8 Å². The van der Waals surface area contributed by atoms with Gasteiger partial charge in [0.1, 0.15) is 11.3 Å². The Kier molecular flexibility index (Phi) is 12.5. The molecule has 0 spiro atoms. The van der Waals surface area contributed by atoms with E-state index in [0.717, 1.165) is 102 Å². The topological polar surface area (TPSA) is 41.1 Å². The molecule has 0 aliphatic rings. The fraction of sp³-hybridized carbons (Fsp3) is 0. The normalized spacial score (nSPS) is 11.2. The number of hydrogen-bond acceptors (Lipinski definition) is 4. The lowest BCUT2D eigenvalue weighted by Crippen LogP contribution is -2.10. The van der Waals surface area contributed by atoms with E-state index in [1.165, 1.54) is 22.3 Å². The van der Waals surface area contributed by atoms with E-state index in [1.807, 2.05) is 24.3 Å². The van der Waals surface area contributed by atoms with Crippen LogP contribution in [0.1, 0.15) is 0 Å². The number of aromatic nitrogens is 4. The van der Waals surface area contributed by atoms with Gasteiger partial charge in [0, 0.05) is 68.8 Å². The Hall–Kier alpha value is -10.8. The average molecular weight is 1030 g/mol. The quantitative estimate of drug-likeness (QED) is 0.115. The third-order valence-corrected chi connectivity index (χ3v) is 15.0. The summed E-state index contributed by atoms with van der Waals surface area (Å²) in [4.78, 5) is 14.9. The molecule has 0 saturated carbocycles. The predicted molar refractivity (Wildman–Crippen MR) is 331 cm³/mol. The van der Waals surface area contributed by atoms with Crippen LogP contribution in [-0.2, 0) is 0 Å². The summed E-state index contributed by atoms with van der Waals surface area (Å²) in [5.41, 5.74) is 23.5. The predicted octanol–water partition coefficient (Wildman–Crippen LogP) is 19.6. The van der Waals surface area contributed by atoms with Crippen LogP contribution in [0.25, 0.3) is 89.7 Å². The van der Waals surface area contributed by atoms with Crippen LogP contribution in [0, 0.1) is 0 Å². The molecule has 0 radical (unpaired) electrons. The van der Waals surface area contributed by atoms with Gasteiger partial charge in [-0.2, -0.15) is 0 Å². The van der Waals surface area contributed by atoms with Gasteiger partial charge >= 0.3 is 0 Å². The molecule has 0 bridgehead atoms. The standard InChI is InChI=1S/C74H52N6/c1-5-17-53(18-6-1)55-27-39-63(40-28-55)79(67-47-35-61(36-48-67)73-71(59-21-9-3-10-22-59)75-69-25-13-15-51-77(69)73)65-43-31-57(32-44-65)58-33-45-66(46-34-58)80(64-41-29-56(30-42-64)54-19-7-2-8-20-54)68-49-37-62(38-50-68)74-72(60-23-11-4-12-24-60)76-70-26-14-16-52-78(70)74/h1-52H. The first-order valence-electron chi connectivity index (χ1n) is 27.0. The Bertz CT molecular complexity index is 4100. The molecule has 0 unspecified atom stereocenters. The summed E-state index contributed by atoms with van der Waals surface area (Å²) in [7, 11) is 0. The second-order valence-corrected chi connectivity index (χ2v) is 19.9. The third kappa shape index (κ3) is 9.16. The summed E-state index contributed by atoms with van der Waals surface area (Å²) < 4.78 is 4.37. The number of fused-ring (bicyclic) bond motifs is 2. The van der Waals surface area contributed by atoms with E-state index in [4.69, 9.17) is 9.97 Å². The minimum atomic E-state index is 0.912. The molecule has 0 atom stereocenters. The number of anilines is 6. The molecule has 80 heavy (non-hydrogen) atoms. The summed E-state index contributed by atoms with van der Waals surface area (Å²) in [5, 5.41) is 0. The SMILES string of the molecule is c1ccc(-c2ccc(N(c3ccc(-c4ccc(N(c5ccc(-c6ccccc6)cc5)c5ccc(-c6c(-c7ccccc7)nc7ccccn67)cc5)cc4)cc3)c3ccc(-c4c(-c5ccccc5)nc5ccccn45)cc3)cc2)cc1. The molecule has 0 N–H and O–H groups in total. The lowest BCUT2D eigenvalue weighted by atomic mass is 10.0. The van der Waals surface area contributed by atoms with Crippen molar-refractivity contribution in [3.8, 4) is 78.4 Å². The van der Waals surface area contributed by atoms with Crippen LogP contribution in [0.15, 0.2) is 316 Å². The molecular weight excluding hydrogens is 973 g/mol. The number of hydrogen-bond donors (Lipinski definition) is 0. The van der Waals surface area contributed by atoms with E-state index in [2.05, 4.69) is 310 Å². The number of benzene rings is 10. The van der Waals surface area contributed by atoms with Crippen LogP contribution >= 0.6 is 0 Å². The van der Waals surface area contributed by atoms with Crippen molar-refractivity contribution in [2.75, 3.05) is 9.80 Å². The monoisotopic (exact) mass is 1020 g/mol. The first kappa shape index (κ1) is 47.6. The van der Waals surface area contributed by atoms with Gasteiger partial charge in [-0.3, -0.25) is 8.80 Å². The minimum Gasteiger partial charge on any atom is -0.311 e. The maximum absolute atomic E-state index is 5.11. The molecule has 0 aliphatic heterocycles. The largest absolute Gasteiger partial charge is 0.311 e. The second kappa shape index (κ2) is 21.0. The molecule has 10 aromatic carbocycles. The molecule has 378 valence electrons. The summed E-state index contributed by atoms with van der Waals surface area (Å²) in [5.74, 6) is 0. The van der Waals surface area contributed by atoms with Gasteiger partial charge in [0.15, 0.2) is 0 Å². The number of imidazole rings is 2. The fourth-order valence-electron chi connectivity index (χ4n) is 11.0. The average Bonchev–Trinajstić information content (AvgIpc) is 4.23. The van der Waals surface area contributed by atoms with Gasteiger partial charge in [-0.05, 0) is 130 Å².